The van der Waals surface area contributed by atoms with E-state index in [9.17, 15) is 4.79 Å². The van der Waals surface area contributed by atoms with E-state index < -0.39 is 0 Å². The van der Waals surface area contributed by atoms with E-state index in [0.717, 1.165) is 12.8 Å². The van der Waals surface area contributed by atoms with Crippen molar-refractivity contribution in [2.24, 2.45) is 0 Å². The minimum Gasteiger partial charge on any atom is -0.321 e. The van der Waals surface area contributed by atoms with Crippen LogP contribution in [0.3, 0.4) is 0 Å². The van der Waals surface area contributed by atoms with Crippen molar-refractivity contribution >= 4 is 40.7 Å². The maximum absolute atomic E-state index is 12.0. The Bertz CT molecular complexity index is 550. The second-order valence-electron chi connectivity index (χ2n) is 3.84. The summed E-state index contributed by atoms with van der Waals surface area (Å²) >= 11 is 17.8. The first-order valence-corrected chi connectivity index (χ1v) is 7.53. The Morgan fingerprint density at radius 2 is 1.90 bits per heavy atom. The maximum Gasteiger partial charge on any atom is 0.257 e. The van der Waals surface area contributed by atoms with E-state index in [1.807, 2.05) is 19.9 Å². The number of amides is 1. The molecule has 0 fully saturated rings. The highest BCUT2D eigenvalue weighted by atomic mass is 35.5. The van der Waals surface area contributed by atoms with Crippen molar-refractivity contribution in [2.45, 2.75) is 26.7 Å². The second kappa shape index (κ2) is 8.35. The Balaban J connectivity index is 0.000000956. The van der Waals surface area contributed by atoms with E-state index in [2.05, 4.69) is 5.32 Å². The van der Waals surface area contributed by atoms with Gasteiger partial charge in [-0.25, -0.2) is 0 Å². The van der Waals surface area contributed by atoms with Crippen LogP contribution in [0, 0.1) is 0 Å². The number of nitrogens with one attached hydrogen (secondary N) is 1. The van der Waals surface area contributed by atoms with Gasteiger partial charge in [-0.15, -0.1) is 0 Å². The van der Waals surface area contributed by atoms with Crippen LogP contribution in [-0.2, 0) is 0 Å². The van der Waals surface area contributed by atoms with Gasteiger partial charge >= 0.3 is 0 Å². The lowest BCUT2D eigenvalue weighted by molar-refractivity contribution is 0.0967. The standard InChI is InChI=1S/C13H10Cl3NO.C2H6/c14-8-5-6-9(11(16)7-8)13(18)17-12-4-2-1-3-10(12)15;1-2/h2,4-7H,1,3H2,(H,17,18);1-2H3. The first kappa shape index (κ1) is 17.1. The molecule has 1 aromatic carbocycles. The Morgan fingerprint density at radius 1 is 1.20 bits per heavy atom. The van der Waals surface area contributed by atoms with Gasteiger partial charge < -0.3 is 5.32 Å². The normalized spacial score (nSPS) is 13.7. The van der Waals surface area contributed by atoms with Crippen molar-refractivity contribution in [3.63, 3.8) is 0 Å². The first-order valence-electron chi connectivity index (χ1n) is 6.39. The van der Waals surface area contributed by atoms with Gasteiger partial charge in [0.05, 0.1) is 16.3 Å². The average Bonchev–Trinajstić information content (AvgIpc) is 2.43. The number of halogens is 3. The highest BCUT2D eigenvalue weighted by Crippen LogP contribution is 2.23. The van der Waals surface area contributed by atoms with Crippen molar-refractivity contribution in [3.8, 4) is 0 Å². The molecule has 0 radical (unpaired) electrons. The van der Waals surface area contributed by atoms with Gasteiger partial charge in [0, 0.05) is 10.1 Å². The molecular formula is C15H16Cl3NO. The highest BCUT2D eigenvalue weighted by molar-refractivity contribution is 6.36. The summed E-state index contributed by atoms with van der Waals surface area (Å²) < 4.78 is 0. The third-order valence-corrected chi connectivity index (χ3v) is 3.47. The summed E-state index contributed by atoms with van der Waals surface area (Å²) in [5, 5.41) is 4.20. The first-order chi connectivity index (χ1) is 9.58. The molecule has 1 aliphatic rings. The molecule has 0 saturated heterocycles. The zero-order valence-electron chi connectivity index (χ0n) is 11.3. The summed E-state index contributed by atoms with van der Waals surface area (Å²) in [5.74, 6) is -0.295. The van der Waals surface area contributed by atoms with Gasteiger partial charge in [-0.1, -0.05) is 54.7 Å². The van der Waals surface area contributed by atoms with Crippen LogP contribution in [-0.4, -0.2) is 5.91 Å². The van der Waals surface area contributed by atoms with Crippen LogP contribution in [0.15, 0.2) is 41.1 Å². The molecular weight excluding hydrogens is 317 g/mol. The third kappa shape index (κ3) is 4.55. The lowest BCUT2D eigenvalue weighted by Crippen LogP contribution is -2.23. The molecule has 20 heavy (non-hydrogen) atoms. The summed E-state index contributed by atoms with van der Waals surface area (Å²) in [6.07, 6.45) is 5.39. The molecule has 1 aromatic rings. The number of benzene rings is 1. The van der Waals surface area contributed by atoms with E-state index in [4.69, 9.17) is 34.8 Å². The van der Waals surface area contributed by atoms with Crippen molar-refractivity contribution in [2.75, 3.05) is 0 Å². The van der Waals surface area contributed by atoms with Crippen LogP contribution in [0.1, 0.15) is 37.0 Å². The lowest BCUT2D eigenvalue weighted by atomic mass is 10.1. The molecule has 2 nitrogen and oxygen atoms in total. The van der Waals surface area contributed by atoms with Crippen LogP contribution >= 0.6 is 34.8 Å². The van der Waals surface area contributed by atoms with Crippen LogP contribution in [0.5, 0.6) is 0 Å². The molecule has 1 amide bonds. The van der Waals surface area contributed by atoms with Crippen LogP contribution in [0.2, 0.25) is 10.0 Å². The monoisotopic (exact) mass is 331 g/mol. The minimum atomic E-state index is -0.295. The van der Waals surface area contributed by atoms with E-state index in [1.54, 1.807) is 18.2 Å². The van der Waals surface area contributed by atoms with Crippen LogP contribution in [0.4, 0.5) is 0 Å². The summed E-state index contributed by atoms with van der Waals surface area (Å²) in [6, 6.07) is 4.74. The van der Waals surface area contributed by atoms with Gasteiger partial charge in [0.1, 0.15) is 0 Å². The number of hydrogen-bond donors (Lipinski definition) is 1. The average molecular weight is 333 g/mol. The molecule has 1 aliphatic carbocycles. The molecule has 0 spiro atoms. The molecule has 1 N–H and O–H groups in total. The number of carbonyl (C=O) groups is 1. The predicted octanol–water partition coefficient (Wildman–Crippen LogP) is 5.55. The summed E-state index contributed by atoms with van der Waals surface area (Å²) in [5.41, 5.74) is 0.996. The lowest BCUT2D eigenvalue weighted by Gasteiger charge is -2.12. The minimum absolute atomic E-state index is 0.295. The fourth-order valence-electron chi connectivity index (χ4n) is 1.61. The largest absolute Gasteiger partial charge is 0.321 e. The summed E-state index contributed by atoms with van der Waals surface area (Å²) in [7, 11) is 0. The number of rotatable bonds is 2. The van der Waals surface area contributed by atoms with E-state index in [-0.39, 0.29) is 5.91 Å². The highest BCUT2D eigenvalue weighted by Gasteiger charge is 2.14. The molecule has 0 bridgehead atoms. The Morgan fingerprint density at radius 3 is 2.50 bits per heavy atom. The van der Waals surface area contributed by atoms with Crippen LogP contribution < -0.4 is 5.32 Å². The quantitative estimate of drug-likeness (QED) is 0.756. The molecule has 0 unspecified atom stereocenters. The molecule has 0 heterocycles. The Hall–Kier alpha value is -0.960. The zero-order valence-corrected chi connectivity index (χ0v) is 13.6. The zero-order chi connectivity index (χ0) is 15.1. The van der Waals surface area contributed by atoms with Crippen molar-refractivity contribution in [3.05, 3.63) is 56.7 Å². The number of carbonyl (C=O) groups excluding carboxylic acids is 1. The third-order valence-electron chi connectivity index (χ3n) is 2.53. The molecule has 0 atom stereocenters. The van der Waals surface area contributed by atoms with Crippen molar-refractivity contribution in [1.82, 2.24) is 5.32 Å². The Kier molecular flexibility index (Phi) is 7.14. The van der Waals surface area contributed by atoms with Gasteiger partial charge in [-0.2, -0.15) is 0 Å². The van der Waals surface area contributed by atoms with Gasteiger partial charge in [0.2, 0.25) is 0 Å². The number of allylic oxidation sites excluding steroid dienone is 3. The molecule has 0 aromatic heterocycles. The molecule has 2 rings (SSSR count). The number of hydrogen-bond acceptors (Lipinski definition) is 1. The van der Waals surface area contributed by atoms with E-state index in [1.165, 1.54) is 6.07 Å². The van der Waals surface area contributed by atoms with E-state index >= 15 is 0 Å². The van der Waals surface area contributed by atoms with Crippen molar-refractivity contribution < 1.29 is 4.79 Å². The maximum atomic E-state index is 12.0. The van der Waals surface area contributed by atoms with Gasteiger partial charge in [-0.05, 0) is 37.1 Å². The molecule has 108 valence electrons. The second-order valence-corrected chi connectivity index (χ2v) is 5.14. The Labute approximate surface area is 134 Å². The van der Waals surface area contributed by atoms with E-state index in [0.29, 0.717) is 26.3 Å². The van der Waals surface area contributed by atoms with Crippen molar-refractivity contribution in [1.29, 1.82) is 0 Å². The predicted molar refractivity (Wildman–Crippen MR) is 86.5 cm³/mol. The fraction of sp³-hybridized carbons (Fsp3) is 0.267. The smallest absolute Gasteiger partial charge is 0.257 e. The van der Waals surface area contributed by atoms with Gasteiger partial charge in [-0.3, -0.25) is 4.79 Å². The molecule has 0 aliphatic heterocycles. The molecule has 0 saturated carbocycles. The van der Waals surface area contributed by atoms with Gasteiger partial charge in [0.25, 0.3) is 5.91 Å². The fourth-order valence-corrected chi connectivity index (χ4v) is 2.32. The van der Waals surface area contributed by atoms with Gasteiger partial charge in [0.15, 0.2) is 0 Å². The van der Waals surface area contributed by atoms with Crippen LogP contribution in [0.25, 0.3) is 0 Å². The SMILES string of the molecule is CC.O=C(NC1=C(Cl)CCC=C1)c1ccc(Cl)cc1Cl. The summed E-state index contributed by atoms with van der Waals surface area (Å²) in [6.45, 7) is 4.00. The summed E-state index contributed by atoms with van der Waals surface area (Å²) in [4.78, 5) is 12.0. The topological polar surface area (TPSA) is 29.1 Å². The molecule has 5 heteroatoms.